The van der Waals surface area contributed by atoms with Crippen molar-refractivity contribution in [3.63, 3.8) is 0 Å². The Labute approximate surface area is 140 Å². The number of carbonyl (C=O) groups excluding carboxylic acids is 2. The number of carbonyl (C=O) groups is 2. The van der Waals surface area contributed by atoms with Crippen LogP contribution in [-0.4, -0.2) is 35.6 Å². The lowest BCUT2D eigenvalue weighted by Gasteiger charge is -2.48. The SMILES string of the molecule is CC1CC2(CCCC2)N(C(=O)N2CCNC2=O)c2ccc(F)cc21. The summed E-state index contributed by atoms with van der Waals surface area (Å²) >= 11 is 0. The Morgan fingerprint density at radius 1 is 1.33 bits per heavy atom. The van der Waals surface area contributed by atoms with E-state index in [-0.39, 0.29) is 29.3 Å². The van der Waals surface area contributed by atoms with Gasteiger partial charge in [-0.1, -0.05) is 19.8 Å². The molecular weight excluding hydrogens is 309 g/mol. The van der Waals surface area contributed by atoms with Crippen molar-refractivity contribution in [2.75, 3.05) is 18.0 Å². The first-order valence-electron chi connectivity index (χ1n) is 8.71. The van der Waals surface area contributed by atoms with Crippen molar-refractivity contribution in [3.8, 4) is 0 Å². The van der Waals surface area contributed by atoms with Gasteiger partial charge in [-0.25, -0.2) is 18.9 Å². The van der Waals surface area contributed by atoms with Crippen LogP contribution >= 0.6 is 0 Å². The van der Waals surface area contributed by atoms with Crippen LogP contribution in [0.15, 0.2) is 18.2 Å². The molecule has 1 spiro atoms. The first-order chi connectivity index (χ1) is 11.5. The van der Waals surface area contributed by atoms with Crippen LogP contribution in [0.4, 0.5) is 19.7 Å². The summed E-state index contributed by atoms with van der Waals surface area (Å²) in [6.07, 6.45) is 4.87. The van der Waals surface area contributed by atoms with Gasteiger partial charge in [-0.2, -0.15) is 0 Å². The van der Waals surface area contributed by atoms with E-state index >= 15 is 0 Å². The molecule has 0 bridgehead atoms. The molecule has 0 radical (unpaired) electrons. The highest BCUT2D eigenvalue weighted by atomic mass is 19.1. The molecule has 1 aliphatic carbocycles. The second-order valence-corrected chi connectivity index (χ2v) is 7.24. The molecule has 1 aromatic carbocycles. The Hall–Kier alpha value is -2.11. The smallest absolute Gasteiger partial charge is 0.333 e. The van der Waals surface area contributed by atoms with Gasteiger partial charge in [-0.3, -0.25) is 4.90 Å². The first kappa shape index (κ1) is 15.4. The number of nitrogens with zero attached hydrogens (tertiary/aromatic N) is 2. The number of amides is 4. The zero-order valence-electron chi connectivity index (χ0n) is 13.8. The Morgan fingerprint density at radius 3 is 2.75 bits per heavy atom. The second-order valence-electron chi connectivity index (χ2n) is 7.24. The highest BCUT2D eigenvalue weighted by molar-refractivity contribution is 6.04. The summed E-state index contributed by atoms with van der Waals surface area (Å²) < 4.78 is 13.7. The van der Waals surface area contributed by atoms with E-state index < -0.39 is 0 Å². The Balaban J connectivity index is 1.82. The standard InChI is InChI=1S/C18H22FN3O2/c1-12-11-18(6-2-3-7-18)22(15-5-4-13(19)10-14(12)15)17(24)21-9-8-20-16(21)23/h4-5,10,12H,2-3,6-9,11H2,1H3,(H,20,23). The number of hydrogen-bond donors (Lipinski definition) is 1. The quantitative estimate of drug-likeness (QED) is 0.790. The van der Waals surface area contributed by atoms with E-state index in [1.165, 1.54) is 17.0 Å². The lowest BCUT2D eigenvalue weighted by molar-refractivity contribution is 0.193. The number of rotatable bonds is 0. The van der Waals surface area contributed by atoms with Gasteiger partial charge in [0.15, 0.2) is 0 Å². The number of nitrogens with one attached hydrogen (secondary N) is 1. The van der Waals surface area contributed by atoms with Gasteiger partial charge < -0.3 is 5.32 Å². The number of fused-ring (bicyclic) bond motifs is 1. The monoisotopic (exact) mass is 331 g/mol. The van der Waals surface area contributed by atoms with E-state index in [0.717, 1.165) is 43.4 Å². The highest BCUT2D eigenvalue weighted by Gasteiger charge is 2.50. The third-order valence-corrected chi connectivity index (χ3v) is 5.74. The minimum absolute atomic E-state index is 0.199. The zero-order chi connectivity index (χ0) is 16.9. The van der Waals surface area contributed by atoms with Gasteiger partial charge in [0.25, 0.3) is 0 Å². The number of benzene rings is 1. The highest BCUT2D eigenvalue weighted by Crippen LogP contribution is 2.51. The van der Waals surface area contributed by atoms with Crippen molar-refractivity contribution in [2.24, 2.45) is 0 Å². The number of hydrogen-bond acceptors (Lipinski definition) is 2. The van der Waals surface area contributed by atoms with Crippen molar-refractivity contribution in [3.05, 3.63) is 29.6 Å². The number of halogens is 1. The van der Waals surface area contributed by atoms with Gasteiger partial charge in [0.1, 0.15) is 5.82 Å². The topological polar surface area (TPSA) is 52.7 Å². The summed E-state index contributed by atoms with van der Waals surface area (Å²) in [7, 11) is 0. The summed E-state index contributed by atoms with van der Waals surface area (Å²) in [6, 6.07) is 4.03. The van der Waals surface area contributed by atoms with Crippen molar-refractivity contribution in [1.82, 2.24) is 10.2 Å². The third kappa shape index (κ3) is 2.19. The van der Waals surface area contributed by atoms with Gasteiger partial charge in [-0.05, 0) is 48.9 Å². The van der Waals surface area contributed by atoms with Crippen LogP contribution in [0.3, 0.4) is 0 Å². The second kappa shape index (κ2) is 5.46. The van der Waals surface area contributed by atoms with Crippen LogP contribution in [-0.2, 0) is 0 Å². The first-order valence-corrected chi connectivity index (χ1v) is 8.71. The lowest BCUT2D eigenvalue weighted by Crippen LogP contribution is -2.58. The van der Waals surface area contributed by atoms with Crippen molar-refractivity contribution in [1.29, 1.82) is 0 Å². The Morgan fingerprint density at radius 2 is 2.08 bits per heavy atom. The summed E-state index contributed by atoms with van der Waals surface area (Å²) in [5, 5.41) is 2.69. The van der Waals surface area contributed by atoms with Gasteiger partial charge >= 0.3 is 12.1 Å². The molecule has 2 fully saturated rings. The fraction of sp³-hybridized carbons (Fsp3) is 0.556. The van der Waals surface area contributed by atoms with E-state index in [2.05, 4.69) is 12.2 Å². The van der Waals surface area contributed by atoms with E-state index in [4.69, 9.17) is 0 Å². The largest absolute Gasteiger partial charge is 0.336 e. The van der Waals surface area contributed by atoms with Crippen molar-refractivity contribution < 1.29 is 14.0 Å². The third-order valence-electron chi connectivity index (χ3n) is 5.74. The predicted molar refractivity (Wildman–Crippen MR) is 88.6 cm³/mol. The van der Waals surface area contributed by atoms with E-state index in [9.17, 15) is 14.0 Å². The maximum atomic E-state index is 13.7. The van der Waals surface area contributed by atoms with Crippen molar-refractivity contribution in [2.45, 2.75) is 50.5 Å². The number of anilines is 1. The molecule has 1 unspecified atom stereocenters. The summed E-state index contributed by atoms with van der Waals surface area (Å²) in [4.78, 5) is 28.3. The maximum Gasteiger partial charge on any atom is 0.333 e. The molecule has 6 heteroatoms. The molecule has 1 saturated heterocycles. The van der Waals surface area contributed by atoms with Crippen LogP contribution in [0, 0.1) is 5.82 Å². The normalized spacial score (nSPS) is 25.1. The molecule has 2 aliphatic heterocycles. The average molecular weight is 331 g/mol. The molecular formula is C18H22FN3O2. The molecule has 1 saturated carbocycles. The lowest BCUT2D eigenvalue weighted by atomic mass is 9.77. The van der Waals surface area contributed by atoms with E-state index in [1.54, 1.807) is 11.0 Å². The number of imide groups is 1. The predicted octanol–water partition coefficient (Wildman–Crippen LogP) is 3.60. The van der Waals surface area contributed by atoms with Crippen LogP contribution in [0.25, 0.3) is 0 Å². The molecule has 2 heterocycles. The zero-order valence-corrected chi connectivity index (χ0v) is 13.8. The van der Waals surface area contributed by atoms with Crippen LogP contribution in [0.1, 0.15) is 50.5 Å². The Bertz CT molecular complexity index is 700. The minimum atomic E-state index is -0.338. The molecule has 0 aromatic heterocycles. The Kier molecular flexibility index (Phi) is 3.51. The van der Waals surface area contributed by atoms with Gasteiger partial charge in [0.05, 0.1) is 5.54 Å². The molecule has 4 amide bonds. The average Bonchev–Trinajstić information content (AvgIpc) is 3.17. The summed E-state index contributed by atoms with van der Waals surface area (Å²) in [5.41, 5.74) is 1.38. The molecule has 5 nitrogen and oxygen atoms in total. The fourth-order valence-corrected chi connectivity index (χ4v) is 4.69. The molecule has 3 aliphatic rings. The van der Waals surface area contributed by atoms with Crippen LogP contribution < -0.4 is 10.2 Å². The fourth-order valence-electron chi connectivity index (χ4n) is 4.69. The molecule has 1 N–H and O–H groups in total. The van der Waals surface area contributed by atoms with Crippen LogP contribution in [0.2, 0.25) is 0 Å². The molecule has 1 aromatic rings. The minimum Gasteiger partial charge on any atom is -0.336 e. The van der Waals surface area contributed by atoms with E-state index in [1.807, 2.05) is 0 Å². The van der Waals surface area contributed by atoms with Crippen LogP contribution in [0.5, 0.6) is 0 Å². The van der Waals surface area contributed by atoms with Gasteiger partial charge in [-0.15, -0.1) is 0 Å². The molecule has 1 atom stereocenters. The molecule has 24 heavy (non-hydrogen) atoms. The van der Waals surface area contributed by atoms with E-state index in [0.29, 0.717) is 13.1 Å². The summed E-state index contributed by atoms with van der Waals surface area (Å²) in [6.45, 7) is 2.97. The summed E-state index contributed by atoms with van der Waals surface area (Å²) in [5.74, 6) is -0.0838. The molecule has 128 valence electrons. The maximum absolute atomic E-state index is 13.7. The van der Waals surface area contributed by atoms with Crippen molar-refractivity contribution >= 4 is 17.7 Å². The molecule has 4 rings (SSSR count). The van der Waals surface area contributed by atoms with Gasteiger partial charge in [0.2, 0.25) is 0 Å². The number of urea groups is 2. The van der Waals surface area contributed by atoms with Gasteiger partial charge in [0, 0.05) is 18.8 Å².